The lowest BCUT2D eigenvalue weighted by Crippen LogP contribution is -2.40. The monoisotopic (exact) mass is 272 g/mol. The first kappa shape index (κ1) is 15.0. The third-order valence-electron chi connectivity index (χ3n) is 3.66. The van der Waals surface area contributed by atoms with Crippen LogP contribution in [0.3, 0.4) is 0 Å². The van der Waals surface area contributed by atoms with Crippen molar-refractivity contribution >= 4 is 10.8 Å². The van der Waals surface area contributed by atoms with E-state index in [1.807, 2.05) is 6.92 Å². The summed E-state index contributed by atoms with van der Waals surface area (Å²) >= 11 is 0. The Balaban J connectivity index is 2.37. The van der Waals surface area contributed by atoms with Gasteiger partial charge in [0, 0.05) is 6.61 Å². The third kappa shape index (κ3) is 3.18. The summed E-state index contributed by atoms with van der Waals surface area (Å²) in [5.74, 6) is 6.18. The number of fused-ring (bicyclic) bond motifs is 1. The predicted octanol–water partition coefficient (Wildman–Crippen LogP) is 3.41. The second-order valence-electron chi connectivity index (χ2n) is 5.41. The molecule has 0 aliphatic carbocycles. The number of hydrogen-bond donors (Lipinski definition) is 2. The Bertz CT molecular complexity index is 553. The van der Waals surface area contributed by atoms with Crippen LogP contribution in [0.15, 0.2) is 42.5 Å². The lowest BCUT2D eigenvalue weighted by atomic mass is 9.92. The lowest BCUT2D eigenvalue weighted by Gasteiger charge is -2.30. The van der Waals surface area contributed by atoms with Crippen LogP contribution in [0, 0.1) is 5.92 Å². The Morgan fingerprint density at radius 2 is 1.80 bits per heavy atom. The first-order valence-electron chi connectivity index (χ1n) is 7.23. The third-order valence-corrected chi connectivity index (χ3v) is 3.66. The Kier molecular flexibility index (Phi) is 5.12. The summed E-state index contributed by atoms with van der Waals surface area (Å²) in [5, 5.41) is 2.47. The Morgan fingerprint density at radius 1 is 1.10 bits per heavy atom. The summed E-state index contributed by atoms with van der Waals surface area (Å²) in [6.45, 7) is 7.02. The van der Waals surface area contributed by atoms with Crippen LogP contribution in [0.2, 0.25) is 0 Å². The van der Waals surface area contributed by atoms with Gasteiger partial charge in [0.25, 0.3) is 0 Å². The van der Waals surface area contributed by atoms with E-state index < -0.39 is 0 Å². The minimum atomic E-state index is -0.000411. The Morgan fingerprint density at radius 3 is 2.40 bits per heavy atom. The van der Waals surface area contributed by atoms with E-state index in [4.69, 9.17) is 10.6 Å². The van der Waals surface area contributed by atoms with Gasteiger partial charge in [0.1, 0.15) is 0 Å². The second kappa shape index (κ2) is 6.84. The molecule has 0 aliphatic heterocycles. The van der Waals surface area contributed by atoms with E-state index in [0.29, 0.717) is 12.5 Å². The van der Waals surface area contributed by atoms with Crippen LogP contribution in [0.1, 0.15) is 32.4 Å². The van der Waals surface area contributed by atoms with Gasteiger partial charge in [-0.3, -0.25) is 11.3 Å². The molecule has 2 unspecified atom stereocenters. The maximum Gasteiger partial charge on any atom is 0.0805 e. The van der Waals surface area contributed by atoms with Gasteiger partial charge in [-0.05, 0) is 35.2 Å². The molecule has 2 aromatic rings. The Labute approximate surface area is 121 Å². The molecule has 3 nitrogen and oxygen atoms in total. The van der Waals surface area contributed by atoms with Crippen molar-refractivity contribution in [3.8, 4) is 0 Å². The summed E-state index contributed by atoms with van der Waals surface area (Å²) in [4.78, 5) is 0. The van der Waals surface area contributed by atoms with Crippen molar-refractivity contribution in [2.75, 3.05) is 6.61 Å². The summed E-state index contributed by atoms with van der Waals surface area (Å²) in [7, 11) is 0. The molecular formula is C17H24N2O. The molecular weight excluding hydrogens is 248 g/mol. The maximum absolute atomic E-state index is 5.88. The smallest absolute Gasteiger partial charge is 0.0805 e. The molecule has 0 spiro atoms. The van der Waals surface area contributed by atoms with E-state index >= 15 is 0 Å². The van der Waals surface area contributed by atoms with Gasteiger partial charge < -0.3 is 4.74 Å². The predicted molar refractivity (Wildman–Crippen MR) is 84.3 cm³/mol. The van der Waals surface area contributed by atoms with Crippen molar-refractivity contribution in [3.05, 3.63) is 48.0 Å². The number of rotatable bonds is 6. The highest BCUT2D eigenvalue weighted by molar-refractivity contribution is 5.83. The zero-order valence-corrected chi connectivity index (χ0v) is 12.5. The zero-order chi connectivity index (χ0) is 14.5. The zero-order valence-electron chi connectivity index (χ0n) is 12.5. The molecule has 0 saturated heterocycles. The van der Waals surface area contributed by atoms with Crippen LogP contribution in [0.4, 0.5) is 0 Å². The SMILES string of the molecule is CCOC(C(C)C)C(NN)c1ccc2ccccc2c1. The van der Waals surface area contributed by atoms with Crippen molar-refractivity contribution in [2.45, 2.75) is 32.9 Å². The minimum Gasteiger partial charge on any atom is -0.376 e. The van der Waals surface area contributed by atoms with Gasteiger partial charge in [0.05, 0.1) is 12.1 Å². The van der Waals surface area contributed by atoms with Crippen molar-refractivity contribution < 1.29 is 4.74 Å². The van der Waals surface area contributed by atoms with E-state index in [9.17, 15) is 0 Å². The van der Waals surface area contributed by atoms with Crippen LogP contribution in [0.25, 0.3) is 10.8 Å². The molecule has 108 valence electrons. The molecule has 0 aliphatic rings. The van der Waals surface area contributed by atoms with Gasteiger partial charge in [0.2, 0.25) is 0 Å². The number of nitrogens with one attached hydrogen (secondary N) is 1. The van der Waals surface area contributed by atoms with Crippen LogP contribution < -0.4 is 11.3 Å². The van der Waals surface area contributed by atoms with Gasteiger partial charge in [-0.1, -0.05) is 50.2 Å². The fraction of sp³-hybridized carbons (Fsp3) is 0.412. The van der Waals surface area contributed by atoms with E-state index in [-0.39, 0.29) is 12.1 Å². The van der Waals surface area contributed by atoms with E-state index in [1.165, 1.54) is 16.3 Å². The quantitative estimate of drug-likeness (QED) is 0.626. The van der Waals surface area contributed by atoms with E-state index in [0.717, 1.165) is 0 Å². The highest BCUT2D eigenvalue weighted by atomic mass is 16.5. The average molecular weight is 272 g/mol. The van der Waals surface area contributed by atoms with Crippen LogP contribution in [-0.2, 0) is 4.74 Å². The van der Waals surface area contributed by atoms with Crippen molar-refractivity contribution in [1.82, 2.24) is 5.43 Å². The van der Waals surface area contributed by atoms with Crippen molar-refractivity contribution in [1.29, 1.82) is 0 Å². The minimum absolute atomic E-state index is 0.000411. The standard InChI is InChI=1S/C17H24N2O/c1-4-20-17(12(2)3)16(19-18)15-10-9-13-7-5-6-8-14(13)11-15/h5-12,16-17,19H,4,18H2,1-3H3. The number of hydrazine groups is 1. The molecule has 3 heteroatoms. The molecule has 2 rings (SSSR count). The normalized spacial score (nSPS) is 14.7. The topological polar surface area (TPSA) is 47.3 Å². The fourth-order valence-electron chi connectivity index (χ4n) is 2.65. The largest absolute Gasteiger partial charge is 0.376 e. The summed E-state index contributed by atoms with van der Waals surface area (Å²) in [6.07, 6.45) is 0.0613. The van der Waals surface area contributed by atoms with Crippen LogP contribution in [-0.4, -0.2) is 12.7 Å². The van der Waals surface area contributed by atoms with Gasteiger partial charge in [-0.25, -0.2) is 0 Å². The fourth-order valence-corrected chi connectivity index (χ4v) is 2.65. The van der Waals surface area contributed by atoms with Crippen molar-refractivity contribution in [2.24, 2.45) is 11.8 Å². The number of nitrogens with two attached hydrogens (primary N) is 1. The average Bonchev–Trinajstić information content (AvgIpc) is 2.47. The van der Waals surface area contributed by atoms with Gasteiger partial charge >= 0.3 is 0 Å². The number of ether oxygens (including phenoxy) is 1. The van der Waals surface area contributed by atoms with E-state index in [1.54, 1.807) is 0 Å². The summed E-state index contributed by atoms with van der Waals surface area (Å²) in [6, 6.07) is 14.8. The maximum atomic E-state index is 5.88. The molecule has 20 heavy (non-hydrogen) atoms. The molecule has 2 aromatic carbocycles. The highest BCUT2D eigenvalue weighted by Crippen LogP contribution is 2.27. The number of benzene rings is 2. The molecule has 0 bridgehead atoms. The summed E-state index contributed by atoms with van der Waals surface area (Å²) in [5.41, 5.74) is 4.09. The van der Waals surface area contributed by atoms with Gasteiger partial charge in [-0.15, -0.1) is 0 Å². The Hall–Kier alpha value is -1.42. The first-order chi connectivity index (χ1) is 9.67. The van der Waals surface area contributed by atoms with E-state index in [2.05, 4.69) is 61.7 Å². The molecule has 2 atom stereocenters. The second-order valence-corrected chi connectivity index (χ2v) is 5.41. The molecule has 0 radical (unpaired) electrons. The molecule has 0 saturated carbocycles. The molecule has 0 fully saturated rings. The van der Waals surface area contributed by atoms with Gasteiger partial charge in [0.15, 0.2) is 0 Å². The van der Waals surface area contributed by atoms with Crippen molar-refractivity contribution in [3.63, 3.8) is 0 Å². The highest BCUT2D eigenvalue weighted by Gasteiger charge is 2.25. The van der Waals surface area contributed by atoms with Crippen LogP contribution >= 0.6 is 0 Å². The molecule has 3 N–H and O–H groups in total. The molecule has 0 aromatic heterocycles. The first-order valence-corrected chi connectivity index (χ1v) is 7.23. The van der Waals surface area contributed by atoms with Crippen LogP contribution in [0.5, 0.6) is 0 Å². The molecule has 0 amide bonds. The number of hydrogen-bond acceptors (Lipinski definition) is 3. The molecule has 0 heterocycles. The summed E-state index contributed by atoms with van der Waals surface area (Å²) < 4.78 is 5.88. The lowest BCUT2D eigenvalue weighted by molar-refractivity contribution is 0.00280. The van der Waals surface area contributed by atoms with Gasteiger partial charge in [-0.2, -0.15) is 0 Å².